The molecule has 3 aromatic carbocycles. The molecule has 1 amide bonds. The van der Waals surface area contributed by atoms with Gasteiger partial charge in [0.2, 0.25) is 0 Å². The highest BCUT2D eigenvalue weighted by molar-refractivity contribution is 6.04. The van der Waals surface area contributed by atoms with Crippen LogP contribution in [-0.4, -0.2) is 32.2 Å². The van der Waals surface area contributed by atoms with Crippen LogP contribution in [0.1, 0.15) is 30.2 Å². The highest BCUT2D eigenvalue weighted by Crippen LogP contribution is 2.37. The number of hydrogen-bond acceptors (Lipinski definition) is 7. The van der Waals surface area contributed by atoms with Crippen molar-refractivity contribution >= 4 is 22.5 Å². The van der Waals surface area contributed by atoms with Crippen LogP contribution in [0.5, 0.6) is 23.0 Å². The second kappa shape index (κ2) is 11.2. The van der Waals surface area contributed by atoms with Crippen molar-refractivity contribution in [2.75, 3.05) is 12.4 Å². The minimum atomic E-state index is -0.924. The first-order valence-electron chi connectivity index (χ1n) is 12.7. The molecule has 0 fully saturated rings. The fourth-order valence-electron chi connectivity index (χ4n) is 4.28. The maximum atomic E-state index is 15.1. The summed E-state index contributed by atoms with van der Waals surface area (Å²) in [4.78, 5) is 43.6. The van der Waals surface area contributed by atoms with E-state index in [1.165, 1.54) is 60.3 Å². The van der Waals surface area contributed by atoms with Gasteiger partial charge in [-0.05, 0) is 62.4 Å². The summed E-state index contributed by atoms with van der Waals surface area (Å²) in [5, 5.41) is 13.0. The standard InChI is InChI=1S/C30H24F2N4O6/c1-16(2)35-15-21(29(39)36(30(35)40)19-7-4-17(31)5-8-19)28(38)34-18-6-9-26(22(32)12-18)42-25-10-11-33-23-14-24(37)27(41-3)13-20(23)25/h4-16,37H,1-3H3,(H,34,38). The van der Waals surface area contributed by atoms with Crippen molar-refractivity contribution in [1.82, 2.24) is 14.1 Å². The zero-order valence-corrected chi connectivity index (χ0v) is 22.6. The molecule has 2 aromatic heterocycles. The van der Waals surface area contributed by atoms with Gasteiger partial charge in [-0.3, -0.25) is 19.1 Å². The average molecular weight is 575 g/mol. The van der Waals surface area contributed by atoms with E-state index in [0.29, 0.717) is 10.9 Å². The second-order valence-corrected chi connectivity index (χ2v) is 9.50. The molecule has 0 aliphatic carbocycles. The Morgan fingerprint density at radius 3 is 2.38 bits per heavy atom. The first kappa shape index (κ1) is 28.0. The molecule has 0 bridgehead atoms. The van der Waals surface area contributed by atoms with Gasteiger partial charge in [-0.25, -0.2) is 18.1 Å². The second-order valence-electron chi connectivity index (χ2n) is 9.50. The minimum Gasteiger partial charge on any atom is -0.504 e. The number of pyridine rings is 1. The summed E-state index contributed by atoms with van der Waals surface area (Å²) in [6.45, 7) is 3.39. The number of ether oxygens (including phenoxy) is 2. The van der Waals surface area contributed by atoms with E-state index in [9.17, 15) is 23.9 Å². The third-order valence-electron chi connectivity index (χ3n) is 6.41. The third-order valence-corrected chi connectivity index (χ3v) is 6.41. The van der Waals surface area contributed by atoms with Gasteiger partial charge in [-0.2, -0.15) is 0 Å². The molecule has 0 unspecified atom stereocenters. The van der Waals surface area contributed by atoms with E-state index in [2.05, 4.69) is 10.3 Å². The Bertz CT molecular complexity index is 1950. The summed E-state index contributed by atoms with van der Waals surface area (Å²) >= 11 is 0. The summed E-state index contributed by atoms with van der Waals surface area (Å²) < 4.78 is 41.5. The molecule has 2 N–H and O–H groups in total. The number of phenolic OH excluding ortho intramolecular Hbond substituents is 1. The molecule has 12 heteroatoms. The summed E-state index contributed by atoms with van der Waals surface area (Å²) in [5.41, 5.74) is -1.52. The molecule has 0 saturated carbocycles. The third kappa shape index (κ3) is 5.29. The summed E-state index contributed by atoms with van der Waals surface area (Å²) in [5.74, 6) is -2.12. The number of nitrogens with zero attached hydrogens (tertiary/aromatic N) is 3. The van der Waals surface area contributed by atoms with E-state index < -0.39 is 34.8 Å². The number of carbonyl (C=O) groups is 1. The van der Waals surface area contributed by atoms with Crippen molar-refractivity contribution in [3.8, 4) is 28.7 Å². The molecule has 0 aliphatic heterocycles. The monoisotopic (exact) mass is 574 g/mol. The van der Waals surface area contributed by atoms with E-state index in [4.69, 9.17) is 9.47 Å². The molecule has 0 aliphatic rings. The van der Waals surface area contributed by atoms with Crippen molar-refractivity contribution in [2.45, 2.75) is 19.9 Å². The van der Waals surface area contributed by atoms with E-state index >= 15 is 4.39 Å². The maximum Gasteiger partial charge on any atom is 0.335 e. The molecular formula is C30H24F2N4O6. The predicted molar refractivity (Wildman–Crippen MR) is 151 cm³/mol. The Morgan fingerprint density at radius 2 is 1.71 bits per heavy atom. The largest absolute Gasteiger partial charge is 0.504 e. The number of anilines is 1. The first-order chi connectivity index (χ1) is 20.1. The van der Waals surface area contributed by atoms with Gasteiger partial charge in [0.25, 0.3) is 11.5 Å². The van der Waals surface area contributed by atoms with Crippen molar-refractivity contribution in [2.24, 2.45) is 0 Å². The molecule has 2 heterocycles. The van der Waals surface area contributed by atoms with Crippen molar-refractivity contribution in [3.05, 3.63) is 111 Å². The zero-order valence-electron chi connectivity index (χ0n) is 22.6. The number of benzene rings is 3. The molecule has 5 aromatic rings. The van der Waals surface area contributed by atoms with Gasteiger partial charge in [0.05, 0.1) is 18.3 Å². The van der Waals surface area contributed by atoms with Crippen LogP contribution in [-0.2, 0) is 0 Å². The number of aromatic nitrogens is 3. The molecule has 42 heavy (non-hydrogen) atoms. The number of nitrogens with one attached hydrogen (secondary N) is 1. The van der Waals surface area contributed by atoms with Crippen molar-refractivity contribution in [1.29, 1.82) is 0 Å². The zero-order chi connectivity index (χ0) is 30.1. The number of aromatic hydroxyl groups is 1. The minimum absolute atomic E-state index is 0.0195. The fraction of sp³-hybridized carbons (Fsp3) is 0.133. The van der Waals surface area contributed by atoms with Crippen LogP contribution in [0, 0.1) is 11.6 Å². The van der Waals surface area contributed by atoms with E-state index in [-0.39, 0.29) is 39.9 Å². The Labute approximate surface area is 237 Å². The lowest BCUT2D eigenvalue weighted by Gasteiger charge is -2.16. The van der Waals surface area contributed by atoms with Crippen LogP contribution in [0.25, 0.3) is 16.6 Å². The van der Waals surface area contributed by atoms with E-state index in [1.807, 2.05) is 0 Å². The van der Waals surface area contributed by atoms with Gasteiger partial charge in [0.1, 0.15) is 17.1 Å². The highest BCUT2D eigenvalue weighted by atomic mass is 19.1. The van der Waals surface area contributed by atoms with Gasteiger partial charge in [0, 0.05) is 41.6 Å². The first-order valence-corrected chi connectivity index (χ1v) is 12.7. The van der Waals surface area contributed by atoms with Crippen LogP contribution >= 0.6 is 0 Å². The van der Waals surface area contributed by atoms with Gasteiger partial charge in [0.15, 0.2) is 23.1 Å². The maximum absolute atomic E-state index is 15.1. The van der Waals surface area contributed by atoms with Crippen LogP contribution in [0.2, 0.25) is 0 Å². The average Bonchev–Trinajstić information content (AvgIpc) is 2.95. The SMILES string of the molecule is COc1cc2c(Oc3ccc(NC(=O)c4cn(C(C)C)c(=O)n(-c5ccc(F)cc5)c4=O)cc3F)ccnc2cc1O. The van der Waals surface area contributed by atoms with Crippen molar-refractivity contribution in [3.63, 3.8) is 0 Å². The quantitative estimate of drug-likeness (QED) is 0.275. The number of hydrogen-bond donors (Lipinski definition) is 2. The Balaban J connectivity index is 1.45. The number of methoxy groups -OCH3 is 1. The van der Waals surface area contributed by atoms with Crippen LogP contribution in [0.15, 0.2) is 82.6 Å². The molecule has 214 valence electrons. The summed E-state index contributed by atoms with van der Waals surface area (Å²) in [6, 6.07) is 12.4. The molecule has 0 saturated heterocycles. The van der Waals surface area contributed by atoms with Crippen molar-refractivity contribution < 1.29 is 28.2 Å². The highest BCUT2D eigenvalue weighted by Gasteiger charge is 2.21. The van der Waals surface area contributed by atoms with Crippen LogP contribution < -0.4 is 26.0 Å². The fourth-order valence-corrected chi connectivity index (χ4v) is 4.28. The summed E-state index contributed by atoms with van der Waals surface area (Å²) in [6.07, 6.45) is 2.57. The number of phenols is 1. The molecule has 0 atom stereocenters. The summed E-state index contributed by atoms with van der Waals surface area (Å²) in [7, 11) is 1.39. The number of rotatable bonds is 7. The topological polar surface area (TPSA) is 125 Å². The Kier molecular flexibility index (Phi) is 7.45. The molecule has 10 nitrogen and oxygen atoms in total. The lowest BCUT2D eigenvalue weighted by atomic mass is 10.2. The van der Waals surface area contributed by atoms with Gasteiger partial charge >= 0.3 is 5.69 Å². The van der Waals surface area contributed by atoms with Gasteiger partial charge < -0.3 is 19.9 Å². The number of fused-ring (bicyclic) bond motifs is 1. The van der Waals surface area contributed by atoms with Crippen LogP contribution in [0.3, 0.4) is 0 Å². The van der Waals surface area contributed by atoms with E-state index in [0.717, 1.165) is 29.0 Å². The molecule has 0 spiro atoms. The Hall–Kier alpha value is -5.52. The van der Waals surface area contributed by atoms with Gasteiger partial charge in [-0.1, -0.05) is 0 Å². The van der Waals surface area contributed by atoms with Gasteiger partial charge in [-0.15, -0.1) is 0 Å². The lowest BCUT2D eigenvalue weighted by molar-refractivity contribution is 0.102. The lowest BCUT2D eigenvalue weighted by Crippen LogP contribution is -2.42. The molecule has 0 radical (unpaired) electrons. The molecular weight excluding hydrogens is 550 g/mol. The van der Waals surface area contributed by atoms with Crippen LogP contribution in [0.4, 0.5) is 14.5 Å². The Morgan fingerprint density at radius 1 is 0.976 bits per heavy atom. The molecule has 5 rings (SSSR count). The number of amides is 1. The smallest absolute Gasteiger partial charge is 0.335 e. The number of halogens is 2. The normalized spacial score (nSPS) is 11.1. The number of carbonyl (C=O) groups excluding carboxylic acids is 1. The van der Waals surface area contributed by atoms with E-state index in [1.54, 1.807) is 13.8 Å². The predicted octanol–water partition coefficient (Wildman–Crippen LogP) is 5.17.